The molecular weight excluding hydrogens is 411 g/mol. The molecule has 0 spiro atoms. The monoisotopic (exact) mass is 430 g/mol. The number of halogens is 5. The van der Waals surface area contributed by atoms with Crippen molar-refractivity contribution in [3.05, 3.63) is 53.8 Å². The van der Waals surface area contributed by atoms with Gasteiger partial charge < -0.3 is 18.9 Å². The summed E-state index contributed by atoms with van der Waals surface area (Å²) in [6.07, 6.45) is -2.55. The van der Waals surface area contributed by atoms with Crippen LogP contribution in [0.15, 0.2) is 36.4 Å². The molecule has 4 nitrogen and oxygen atoms in total. The van der Waals surface area contributed by atoms with Crippen LogP contribution in [-0.4, -0.2) is 31.9 Å². The second-order valence-electron chi connectivity index (χ2n) is 7.56. The molecule has 0 aliphatic carbocycles. The first-order valence-electron chi connectivity index (χ1n) is 9.43. The van der Waals surface area contributed by atoms with Crippen LogP contribution in [0.25, 0.3) is 11.1 Å². The molecule has 3 fully saturated rings. The minimum absolute atomic E-state index is 0.0310. The van der Waals surface area contributed by atoms with Crippen LogP contribution < -0.4 is 4.74 Å². The lowest BCUT2D eigenvalue weighted by Crippen LogP contribution is -2.68. The molecule has 2 aromatic rings. The van der Waals surface area contributed by atoms with E-state index < -0.39 is 40.7 Å². The average molecular weight is 430 g/mol. The SMILES string of the molecule is CCCC12COC(C(F)(F)Oc3ccc(-c4ccc(F)c(F)c4)c(F)c3)(OC1)OC2. The summed E-state index contributed by atoms with van der Waals surface area (Å²) in [6.45, 7) is 2.05. The molecule has 3 aliphatic heterocycles. The normalized spacial score (nSPS) is 26.1. The Bertz CT molecular complexity index is 924. The summed E-state index contributed by atoms with van der Waals surface area (Å²) < 4.78 is 90.9. The lowest BCUT2D eigenvalue weighted by Gasteiger charge is -2.52. The van der Waals surface area contributed by atoms with Crippen molar-refractivity contribution in [2.75, 3.05) is 19.8 Å². The fraction of sp³-hybridized carbons (Fsp3) is 0.429. The van der Waals surface area contributed by atoms with Crippen molar-refractivity contribution in [1.82, 2.24) is 0 Å². The van der Waals surface area contributed by atoms with Gasteiger partial charge in [-0.25, -0.2) is 13.2 Å². The van der Waals surface area contributed by atoms with Crippen LogP contribution in [0.2, 0.25) is 0 Å². The van der Waals surface area contributed by atoms with Crippen LogP contribution in [0.4, 0.5) is 22.0 Å². The predicted molar refractivity (Wildman–Crippen MR) is 95.3 cm³/mol. The maximum atomic E-state index is 14.8. The van der Waals surface area contributed by atoms with Gasteiger partial charge in [0.1, 0.15) is 11.6 Å². The van der Waals surface area contributed by atoms with E-state index in [2.05, 4.69) is 4.74 Å². The van der Waals surface area contributed by atoms with E-state index in [1.54, 1.807) is 0 Å². The molecule has 3 aliphatic rings. The number of rotatable bonds is 6. The molecule has 9 heteroatoms. The molecule has 30 heavy (non-hydrogen) atoms. The standard InChI is InChI=1S/C21H19F5O4/c1-2-7-19-10-27-21(28-11-19,29-12-19)20(25,26)30-14-4-5-15(17(23)9-14)13-3-6-16(22)18(24)8-13/h3-6,8-9H,2,7,10-12H2,1H3. The summed E-state index contributed by atoms with van der Waals surface area (Å²) in [4.78, 5) is 0. The third-order valence-electron chi connectivity index (χ3n) is 5.26. The molecule has 0 amide bonds. The highest BCUT2D eigenvalue weighted by Gasteiger charge is 2.68. The van der Waals surface area contributed by atoms with Gasteiger partial charge in [0.15, 0.2) is 11.6 Å². The highest BCUT2D eigenvalue weighted by atomic mass is 19.3. The molecule has 5 rings (SSSR count). The van der Waals surface area contributed by atoms with Crippen LogP contribution in [0, 0.1) is 22.9 Å². The maximum absolute atomic E-state index is 14.8. The summed E-state index contributed by atoms with van der Waals surface area (Å²) in [5.41, 5.74) is -0.526. The molecule has 0 aromatic heterocycles. The summed E-state index contributed by atoms with van der Waals surface area (Å²) in [5.74, 6) is -6.41. The molecule has 0 N–H and O–H groups in total. The van der Waals surface area contributed by atoms with Crippen LogP contribution >= 0.6 is 0 Å². The number of hydrogen-bond acceptors (Lipinski definition) is 4. The molecule has 2 bridgehead atoms. The van der Waals surface area contributed by atoms with Gasteiger partial charge in [0.25, 0.3) is 0 Å². The van der Waals surface area contributed by atoms with E-state index in [0.717, 1.165) is 30.7 Å². The second-order valence-corrected chi connectivity index (χ2v) is 7.56. The molecule has 0 unspecified atom stereocenters. The Morgan fingerprint density at radius 1 is 0.900 bits per heavy atom. The van der Waals surface area contributed by atoms with Gasteiger partial charge in [0.05, 0.1) is 19.8 Å². The number of ether oxygens (including phenoxy) is 4. The van der Waals surface area contributed by atoms with E-state index >= 15 is 0 Å². The average Bonchev–Trinajstić information content (AvgIpc) is 2.71. The van der Waals surface area contributed by atoms with E-state index in [1.165, 1.54) is 6.07 Å². The van der Waals surface area contributed by atoms with Gasteiger partial charge in [-0.05, 0) is 36.2 Å². The Hall–Kier alpha value is -2.23. The summed E-state index contributed by atoms with van der Waals surface area (Å²) in [5, 5.41) is 0. The first-order valence-corrected chi connectivity index (χ1v) is 9.43. The quantitative estimate of drug-likeness (QED) is 0.586. The number of alkyl halides is 2. The Morgan fingerprint density at radius 2 is 1.57 bits per heavy atom. The third kappa shape index (κ3) is 3.55. The largest absolute Gasteiger partial charge is 0.484 e. The summed E-state index contributed by atoms with van der Waals surface area (Å²) in [7, 11) is 0. The third-order valence-corrected chi connectivity index (χ3v) is 5.26. The fourth-order valence-corrected chi connectivity index (χ4v) is 3.66. The topological polar surface area (TPSA) is 36.9 Å². The van der Waals surface area contributed by atoms with Crippen LogP contribution in [0.1, 0.15) is 19.8 Å². The van der Waals surface area contributed by atoms with Crippen LogP contribution in [0.3, 0.4) is 0 Å². The van der Waals surface area contributed by atoms with E-state index in [-0.39, 0.29) is 30.9 Å². The smallest absolute Gasteiger partial charge is 0.426 e. The van der Waals surface area contributed by atoms with Gasteiger partial charge in [-0.1, -0.05) is 19.4 Å². The minimum Gasteiger partial charge on any atom is -0.426 e. The first kappa shape index (κ1) is 21.0. The van der Waals surface area contributed by atoms with Crippen molar-refractivity contribution >= 4 is 0 Å². The molecule has 162 valence electrons. The molecule has 0 radical (unpaired) electrons. The van der Waals surface area contributed by atoms with E-state index in [9.17, 15) is 22.0 Å². The second kappa shape index (κ2) is 7.47. The first-order chi connectivity index (χ1) is 14.2. The Kier molecular flexibility index (Phi) is 5.24. The van der Waals surface area contributed by atoms with Gasteiger partial charge in [-0.3, -0.25) is 0 Å². The van der Waals surface area contributed by atoms with Crippen LogP contribution in [-0.2, 0) is 14.2 Å². The maximum Gasteiger partial charge on any atom is 0.484 e. The summed E-state index contributed by atoms with van der Waals surface area (Å²) in [6, 6.07) is 5.75. The van der Waals surface area contributed by atoms with Crippen molar-refractivity contribution in [1.29, 1.82) is 0 Å². The van der Waals surface area contributed by atoms with Crippen LogP contribution in [0.5, 0.6) is 5.75 Å². The lowest BCUT2D eigenvalue weighted by molar-refractivity contribution is -0.548. The highest BCUT2D eigenvalue weighted by Crippen LogP contribution is 2.48. The van der Waals surface area contributed by atoms with Crippen molar-refractivity contribution < 1.29 is 40.9 Å². The van der Waals surface area contributed by atoms with Gasteiger partial charge in [-0.2, -0.15) is 8.78 Å². The van der Waals surface area contributed by atoms with E-state index in [0.29, 0.717) is 12.5 Å². The lowest BCUT2D eigenvalue weighted by atomic mass is 9.84. The van der Waals surface area contributed by atoms with Crippen molar-refractivity contribution in [3.8, 4) is 16.9 Å². The van der Waals surface area contributed by atoms with Gasteiger partial charge in [-0.15, -0.1) is 0 Å². The van der Waals surface area contributed by atoms with E-state index in [4.69, 9.17) is 14.2 Å². The zero-order valence-corrected chi connectivity index (χ0v) is 16.0. The predicted octanol–water partition coefficient (Wildman–Crippen LogP) is 5.26. The van der Waals surface area contributed by atoms with Crippen molar-refractivity contribution in [2.24, 2.45) is 5.41 Å². The molecule has 2 aromatic carbocycles. The highest BCUT2D eigenvalue weighted by molar-refractivity contribution is 5.65. The molecule has 0 saturated carbocycles. The number of hydrogen-bond donors (Lipinski definition) is 0. The van der Waals surface area contributed by atoms with Crippen molar-refractivity contribution in [3.63, 3.8) is 0 Å². The zero-order chi connectivity index (χ0) is 21.6. The number of fused-ring (bicyclic) bond motifs is 3. The van der Waals surface area contributed by atoms with E-state index in [1.807, 2.05) is 6.92 Å². The Morgan fingerprint density at radius 3 is 2.13 bits per heavy atom. The minimum atomic E-state index is -4.07. The molecule has 3 heterocycles. The Balaban J connectivity index is 1.53. The van der Waals surface area contributed by atoms with Gasteiger partial charge in [0, 0.05) is 17.0 Å². The molecule has 3 saturated heterocycles. The molecule has 0 atom stereocenters. The zero-order valence-electron chi connectivity index (χ0n) is 16.0. The number of benzene rings is 2. The van der Waals surface area contributed by atoms with Gasteiger partial charge in [0.2, 0.25) is 0 Å². The van der Waals surface area contributed by atoms with Gasteiger partial charge >= 0.3 is 12.1 Å². The Labute approximate surface area is 169 Å². The summed E-state index contributed by atoms with van der Waals surface area (Å²) >= 11 is 0. The molecular formula is C21H19F5O4. The fourth-order valence-electron chi connectivity index (χ4n) is 3.66. The van der Waals surface area contributed by atoms with Crippen molar-refractivity contribution in [2.45, 2.75) is 31.8 Å².